The van der Waals surface area contributed by atoms with Crippen molar-refractivity contribution in [2.24, 2.45) is 0 Å². The number of nitrogens with zero attached hydrogens (tertiary/aromatic N) is 2. The molecule has 0 aromatic heterocycles. The summed E-state index contributed by atoms with van der Waals surface area (Å²) in [7, 11) is 0. The fourth-order valence-corrected chi connectivity index (χ4v) is 0.911. The zero-order chi connectivity index (χ0) is 17.4. The summed E-state index contributed by atoms with van der Waals surface area (Å²) in [5, 5.41) is 10.6. The van der Waals surface area contributed by atoms with Crippen LogP contribution in [0.1, 0.15) is 33.1 Å². The van der Waals surface area contributed by atoms with E-state index in [1.807, 2.05) is 6.07 Å². The smallest absolute Gasteiger partial charge is 0.387 e. The second-order valence-electron chi connectivity index (χ2n) is 3.93. The Bertz CT molecular complexity index is 410. The van der Waals surface area contributed by atoms with Gasteiger partial charge in [0.2, 0.25) is 0 Å². The Hall–Kier alpha value is -1.12. The minimum atomic E-state index is -0.729. The van der Waals surface area contributed by atoms with Crippen molar-refractivity contribution in [3.8, 4) is 6.07 Å². The van der Waals surface area contributed by atoms with Crippen molar-refractivity contribution in [1.29, 1.82) is 5.26 Å². The molecule has 0 aliphatic heterocycles. The lowest BCUT2D eigenvalue weighted by Crippen LogP contribution is -2.16. The van der Waals surface area contributed by atoms with Gasteiger partial charge in [-0.25, -0.2) is 11.4 Å². The Labute approximate surface area is 148 Å². The van der Waals surface area contributed by atoms with Crippen LogP contribution in [0.5, 0.6) is 0 Å². The number of rotatable bonds is 5. The molecule has 0 aromatic rings. The largest absolute Gasteiger partial charge is 0.460 e. The van der Waals surface area contributed by atoms with Crippen LogP contribution in [0.2, 0.25) is 0 Å². The van der Waals surface area contributed by atoms with Crippen molar-refractivity contribution in [2.45, 2.75) is 38.7 Å². The van der Waals surface area contributed by atoms with Crippen molar-refractivity contribution in [3.63, 3.8) is 0 Å². The molecule has 0 unspecified atom stereocenters. The van der Waals surface area contributed by atoms with Crippen molar-refractivity contribution < 1.29 is 19.1 Å². The van der Waals surface area contributed by atoms with Gasteiger partial charge < -0.3 is 14.3 Å². The molecule has 22 heavy (non-hydrogen) atoms. The lowest BCUT2D eigenvalue weighted by molar-refractivity contribution is -0.147. The SMILES string of the molecule is BrCCBr.CCC(=O)OC1(C#N)CC1.[C-]#[N+]CC(=O)OCC. The topological polar surface area (TPSA) is 80.8 Å². The van der Waals surface area contributed by atoms with Crippen molar-refractivity contribution in [2.75, 3.05) is 23.8 Å². The summed E-state index contributed by atoms with van der Waals surface area (Å²) in [6, 6.07) is 1.97. The van der Waals surface area contributed by atoms with E-state index in [-0.39, 0.29) is 12.5 Å². The molecule has 0 N–H and O–H groups in total. The van der Waals surface area contributed by atoms with Gasteiger partial charge in [0.05, 0.1) is 6.61 Å². The maximum atomic E-state index is 10.7. The summed E-state index contributed by atoms with van der Waals surface area (Å²) in [6.07, 6.45) is 1.76. The molecular weight excluding hydrogens is 420 g/mol. The zero-order valence-electron chi connectivity index (χ0n) is 12.7. The Kier molecular flexibility index (Phi) is 15.6. The number of hydrogen-bond donors (Lipinski definition) is 0. The van der Waals surface area contributed by atoms with E-state index in [4.69, 9.17) is 16.6 Å². The highest BCUT2D eigenvalue weighted by Gasteiger charge is 2.47. The average molecular weight is 440 g/mol. The zero-order valence-corrected chi connectivity index (χ0v) is 15.9. The second kappa shape index (κ2) is 14.8. The first-order chi connectivity index (χ1) is 10.4. The van der Waals surface area contributed by atoms with Gasteiger partial charge in [0.25, 0.3) is 0 Å². The van der Waals surface area contributed by atoms with Crippen LogP contribution in [-0.2, 0) is 19.1 Å². The molecule has 6 nitrogen and oxygen atoms in total. The van der Waals surface area contributed by atoms with E-state index < -0.39 is 11.6 Å². The highest BCUT2D eigenvalue weighted by Crippen LogP contribution is 2.38. The van der Waals surface area contributed by atoms with Gasteiger partial charge in [-0.3, -0.25) is 4.79 Å². The molecule has 1 saturated carbocycles. The summed E-state index contributed by atoms with van der Waals surface area (Å²) >= 11 is 6.40. The normalized spacial score (nSPS) is 12.8. The van der Waals surface area contributed by atoms with Gasteiger partial charge in [-0.15, -0.1) is 0 Å². The molecule has 0 heterocycles. The van der Waals surface area contributed by atoms with Crippen LogP contribution in [0.3, 0.4) is 0 Å². The van der Waals surface area contributed by atoms with Gasteiger partial charge in [0.1, 0.15) is 6.07 Å². The predicted octanol–water partition coefficient (Wildman–Crippen LogP) is 3.24. The first kappa shape index (κ1) is 23.2. The van der Waals surface area contributed by atoms with Gasteiger partial charge in [0, 0.05) is 29.9 Å². The summed E-state index contributed by atoms with van der Waals surface area (Å²) in [5.41, 5.74) is -0.729. The van der Waals surface area contributed by atoms with Gasteiger partial charge in [-0.05, 0) is 6.92 Å². The number of carbonyl (C=O) groups excluding carboxylic acids is 2. The number of carbonyl (C=O) groups is 2. The van der Waals surface area contributed by atoms with Crippen LogP contribution in [0.25, 0.3) is 4.85 Å². The first-order valence-electron chi connectivity index (χ1n) is 6.69. The van der Waals surface area contributed by atoms with Gasteiger partial charge >= 0.3 is 18.5 Å². The third-order valence-electron chi connectivity index (χ3n) is 2.09. The summed E-state index contributed by atoms with van der Waals surface area (Å²) < 4.78 is 9.28. The van der Waals surface area contributed by atoms with E-state index in [2.05, 4.69) is 41.4 Å². The lowest BCUT2D eigenvalue weighted by Gasteiger charge is -2.05. The van der Waals surface area contributed by atoms with Crippen LogP contribution in [-0.4, -0.2) is 41.4 Å². The Balaban J connectivity index is 0. The van der Waals surface area contributed by atoms with E-state index >= 15 is 0 Å². The van der Waals surface area contributed by atoms with Crippen LogP contribution in [0, 0.1) is 17.9 Å². The molecule has 0 aromatic carbocycles. The number of halogens is 2. The molecule has 0 bridgehead atoms. The van der Waals surface area contributed by atoms with Crippen LogP contribution in [0.15, 0.2) is 0 Å². The average Bonchev–Trinajstić information content (AvgIpc) is 3.29. The molecule has 0 saturated heterocycles. The molecule has 0 spiro atoms. The van der Waals surface area contributed by atoms with Crippen LogP contribution in [0.4, 0.5) is 0 Å². The summed E-state index contributed by atoms with van der Waals surface area (Å²) in [5.74, 6) is -0.721. The number of ether oxygens (including phenoxy) is 2. The van der Waals surface area contributed by atoms with E-state index in [1.165, 1.54) is 0 Å². The number of hydrogen-bond acceptors (Lipinski definition) is 5. The minimum Gasteiger partial charge on any atom is -0.460 e. The molecular formula is C14H20Br2N2O4. The molecule has 1 fully saturated rings. The predicted molar refractivity (Wildman–Crippen MR) is 89.7 cm³/mol. The van der Waals surface area contributed by atoms with Crippen molar-refractivity contribution in [1.82, 2.24) is 0 Å². The molecule has 124 valence electrons. The fraction of sp³-hybridized carbons (Fsp3) is 0.714. The lowest BCUT2D eigenvalue weighted by atomic mass is 10.4. The minimum absolute atomic E-state index is 0.159. The van der Waals surface area contributed by atoms with Gasteiger partial charge in [0.15, 0.2) is 5.60 Å². The molecule has 1 rings (SSSR count). The second-order valence-corrected chi connectivity index (χ2v) is 5.52. The maximum Gasteiger partial charge on any atom is 0.387 e. The van der Waals surface area contributed by atoms with E-state index in [0.717, 1.165) is 10.7 Å². The van der Waals surface area contributed by atoms with Crippen molar-refractivity contribution >= 4 is 43.8 Å². The third kappa shape index (κ3) is 13.8. The Morgan fingerprint density at radius 2 is 1.82 bits per heavy atom. The molecule has 1 aliphatic rings. The Morgan fingerprint density at radius 3 is 2.09 bits per heavy atom. The standard InChI is InChI=1S/C7H9NO2.C5H7NO2.C2H4Br2/c1-2-6(9)10-7(5-8)3-4-7;1-3-8-5(7)4-6-2;3-1-2-4/h2-4H2,1H3;3-4H2,1H3;1-2H2. The molecule has 0 radical (unpaired) electrons. The van der Waals surface area contributed by atoms with Crippen LogP contribution >= 0.6 is 31.9 Å². The monoisotopic (exact) mass is 438 g/mol. The number of nitriles is 1. The molecule has 0 amide bonds. The highest BCUT2D eigenvalue weighted by atomic mass is 79.9. The number of esters is 2. The molecule has 0 atom stereocenters. The maximum absolute atomic E-state index is 10.7. The first-order valence-corrected chi connectivity index (χ1v) is 8.93. The quantitative estimate of drug-likeness (QED) is 0.373. The molecule has 1 aliphatic carbocycles. The van der Waals surface area contributed by atoms with E-state index in [0.29, 0.717) is 25.9 Å². The summed E-state index contributed by atoms with van der Waals surface area (Å²) in [6.45, 7) is 9.86. The van der Waals surface area contributed by atoms with E-state index in [1.54, 1.807) is 13.8 Å². The number of alkyl halides is 2. The Morgan fingerprint density at radius 1 is 1.27 bits per heavy atom. The summed E-state index contributed by atoms with van der Waals surface area (Å²) in [4.78, 5) is 23.7. The van der Waals surface area contributed by atoms with Gasteiger partial charge in [-0.2, -0.15) is 5.26 Å². The fourth-order valence-electron chi connectivity index (χ4n) is 0.911. The van der Waals surface area contributed by atoms with Crippen molar-refractivity contribution in [3.05, 3.63) is 11.4 Å². The van der Waals surface area contributed by atoms with Crippen LogP contribution < -0.4 is 0 Å². The van der Waals surface area contributed by atoms with Gasteiger partial charge in [-0.1, -0.05) is 38.8 Å². The molecule has 8 heteroatoms. The van der Waals surface area contributed by atoms with E-state index in [9.17, 15) is 9.59 Å². The highest BCUT2D eigenvalue weighted by molar-refractivity contribution is 9.11. The third-order valence-corrected chi connectivity index (χ3v) is 3.95.